The van der Waals surface area contributed by atoms with Crippen molar-refractivity contribution in [3.05, 3.63) is 36.4 Å². The Balaban J connectivity index is 2.06. The number of pyridine rings is 1. The molecule has 2 rings (SSSR count). The SMILES string of the molecule is CNc1ccc(C(=O)Nc2cnn(C(C)C)c2)nc1. The highest BCUT2D eigenvalue weighted by atomic mass is 16.1. The number of anilines is 2. The van der Waals surface area contributed by atoms with Gasteiger partial charge in [-0.15, -0.1) is 0 Å². The normalized spacial score (nSPS) is 10.5. The van der Waals surface area contributed by atoms with Gasteiger partial charge in [-0.2, -0.15) is 5.10 Å². The fourth-order valence-corrected chi connectivity index (χ4v) is 1.56. The van der Waals surface area contributed by atoms with Crippen LogP contribution in [0.5, 0.6) is 0 Å². The molecule has 0 fully saturated rings. The molecule has 2 aromatic rings. The van der Waals surface area contributed by atoms with E-state index in [1.165, 1.54) is 0 Å². The van der Waals surface area contributed by atoms with Crippen LogP contribution >= 0.6 is 0 Å². The third kappa shape index (κ3) is 3.09. The topological polar surface area (TPSA) is 71.8 Å². The van der Waals surface area contributed by atoms with Crippen LogP contribution < -0.4 is 10.6 Å². The van der Waals surface area contributed by atoms with Gasteiger partial charge >= 0.3 is 0 Å². The van der Waals surface area contributed by atoms with Crippen LogP contribution in [0.3, 0.4) is 0 Å². The average Bonchev–Trinajstić information content (AvgIpc) is 2.87. The molecule has 0 saturated heterocycles. The number of nitrogens with one attached hydrogen (secondary N) is 2. The smallest absolute Gasteiger partial charge is 0.274 e. The van der Waals surface area contributed by atoms with Gasteiger partial charge in [-0.1, -0.05) is 0 Å². The van der Waals surface area contributed by atoms with E-state index in [-0.39, 0.29) is 11.9 Å². The van der Waals surface area contributed by atoms with E-state index in [0.29, 0.717) is 11.4 Å². The lowest BCUT2D eigenvalue weighted by Crippen LogP contribution is -2.13. The Hall–Kier alpha value is -2.37. The average molecular weight is 259 g/mol. The van der Waals surface area contributed by atoms with Gasteiger partial charge in [0.2, 0.25) is 0 Å². The Morgan fingerprint density at radius 1 is 1.26 bits per heavy atom. The Kier molecular flexibility index (Phi) is 3.79. The van der Waals surface area contributed by atoms with E-state index in [9.17, 15) is 4.79 Å². The molecule has 1 amide bonds. The minimum absolute atomic E-state index is 0.244. The minimum Gasteiger partial charge on any atom is -0.387 e. The van der Waals surface area contributed by atoms with E-state index in [1.54, 1.807) is 42.5 Å². The standard InChI is InChI=1S/C13H17N5O/c1-9(2)18-8-11(7-16-18)17-13(19)12-5-4-10(14-3)6-15-12/h4-9,14H,1-3H3,(H,17,19). The molecule has 0 radical (unpaired) electrons. The maximum atomic E-state index is 12.0. The maximum Gasteiger partial charge on any atom is 0.274 e. The summed E-state index contributed by atoms with van der Waals surface area (Å²) in [5, 5.41) is 9.88. The van der Waals surface area contributed by atoms with Crippen molar-refractivity contribution in [3.63, 3.8) is 0 Å². The van der Waals surface area contributed by atoms with Gasteiger partial charge in [-0.05, 0) is 26.0 Å². The van der Waals surface area contributed by atoms with Crippen molar-refractivity contribution in [1.82, 2.24) is 14.8 Å². The first-order valence-corrected chi connectivity index (χ1v) is 6.09. The molecular weight excluding hydrogens is 242 g/mol. The highest BCUT2D eigenvalue weighted by Crippen LogP contribution is 2.12. The van der Waals surface area contributed by atoms with Gasteiger partial charge in [-0.3, -0.25) is 9.48 Å². The summed E-state index contributed by atoms with van der Waals surface area (Å²) in [4.78, 5) is 16.0. The minimum atomic E-state index is -0.244. The molecule has 100 valence electrons. The maximum absolute atomic E-state index is 12.0. The molecule has 6 heteroatoms. The lowest BCUT2D eigenvalue weighted by molar-refractivity contribution is 0.102. The largest absolute Gasteiger partial charge is 0.387 e. The van der Waals surface area contributed by atoms with Crippen LogP contribution in [0.4, 0.5) is 11.4 Å². The number of aromatic nitrogens is 3. The van der Waals surface area contributed by atoms with Crippen molar-refractivity contribution in [2.75, 3.05) is 17.7 Å². The predicted octanol–water partition coefficient (Wildman–Crippen LogP) is 2.15. The van der Waals surface area contributed by atoms with Gasteiger partial charge in [0.15, 0.2) is 0 Å². The number of hydrogen-bond acceptors (Lipinski definition) is 4. The summed E-state index contributed by atoms with van der Waals surface area (Å²) in [6, 6.07) is 3.74. The summed E-state index contributed by atoms with van der Waals surface area (Å²) in [5.41, 5.74) is 1.90. The number of carbonyl (C=O) groups is 1. The molecule has 0 aliphatic rings. The third-order valence-corrected chi connectivity index (χ3v) is 2.67. The molecule has 0 aromatic carbocycles. The van der Waals surface area contributed by atoms with Crippen molar-refractivity contribution >= 4 is 17.3 Å². The quantitative estimate of drug-likeness (QED) is 0.882. The molecule has 2 N–H and O–H groups in total. The van der Waals surface area contributed by atoms with E-state index >= 15 is 0 Å². The van der Waals surface area contributed by atoms with Crippen molar-refractivity contribution < 1.29 is 4.79 Å². The number of rotatable bonds is 4. The zero-order valence-corrected chi connectivity index (χ0v) is 11.2. The van der Waals surface area contributed by atoms with Gasteiger partial charge in [-0.25, -0.2) is 4.98 Å². The Morgan fingerprint density at radius 2 is 2.05 bits per heavy atom. The molecule has 2 aromatic heterocycles. The molecule has 0 aliphatic carbocycles. The van der Waals surface area contributed by atoms with E-state index < -0.39 is 0 Å². The van der Waals surface area contributed by atoms with Crippen LogP contribution in [0.2, 0.25) is 0 Å². The molecule has 0 unspecified atom stereocenters. The number of hydrogen-bond donors (Lipinski definition) is 2. The molecule has 19 heavy (non-hydrogen) atoms. The van der Waals surface area contributed by atoms with Gasteiger partial charge in [0.05, 0.1) is 23.8 Å². The van der Waals surface area contributed by atoms with Crippen LogP contribution in [-0.2, 0) is 0 Å². The Morgan fingerprint density at radius 3 is 2.58 bits per heavy atom. The second-order valence-corrected chi connectivity index (χ2v) is 4.44. The predicted molar refractivity (Wildman–Crippen MR) is 74.3 cm³/mol. The van der Waals surface area contributed by atoms with E-state index in [0.717, 1.165) is 5.69 Å². The van der Waals surface area contributed by atoms with Gasteiger partial charge < -0.3 is 10.6 Å². The van der Waals surface area contributed by atoms with E-state index in [1.807, 2.05) is 13.8 Å². The second-order valence-electron chi connectivity index (χ2n) is 4.44. The van der Waals surface area contributed by atoms with Gasteiger partial charge in [0.25, 0.3) is 5.91 Å². The van der Waals surface area contributed by atoms with Gasteiger partial charge in [0, 0.05) is 19.3 Å². The Labute approximate surface area is 111 Å². The summed E-state index contributed by atoms with van der Waals surface area (Å²) >= 11 is 0. The molecule has 6 nitrogen and oxygen atoms in total. The number of nitrogens with zero attached hydrogens (tertiary/aromatic N) is 3. The Bertz CT molecular complexity index is 559. The second kappa shape index (κ2) is 5.51. The lowest BCUT2D eigenvalue weighted by Gasteiger charge is -2.04. The van der Waals surface area contributed by atoms with Crippen molar-refractivity contribution in [2.45, 2.75) is 19.9 Å². The first-order valence-electron chi connectivity index (χ1n) is 6.09. The van der Waals surface area contributed by atoms with E-state index in [2.05, 4.69) is 20.7 Å². The van der Waals surface area contributed by atoms with Crippen molar-refractivity contribution in [3.8, 4) is 0 Å². The molecular formula is C13H17N5O. The molecule has 0 saturated carbocycles. The summed E-state index contributed by atoms with van der Waals surface area (Å²) in [6.07, 6.45) is 5.04. The van der Waals surface area contributed by atoms with E-state index in [4.69, 9.17) is 0 Å². The summed E-state index contributed by atoms with van der Waals surface area (Å²) < 4.78 is 1.78. The third-order valence-electron chi connectivity index (χ3n) is 2.67. The number of amides is 1. The number of carbonyl (C=O) groups excluding carboxylic acids is 1. The molecule has 0 atom stereocenters. The summed E-state index contributed by atoms with van der Waals surface area (Å²) in [6.45, 7) is 4.05. The van der Waals surface area contributed by atoms with Crippen LogP contribution in [0.15, 0.2) is 30.7 Å². The van der Waals surface area contributed by atoms with Crippen molar-refractivity contribution in [2.24, 2.45) is 0 Å². The van der Waals surface area contributed by atoms with Crippen LogP contribution in [0, 0.1) is 0 Å². The lowest BCUT2D eigenvalue weighted by atomic mass is 10.3. The summed E-state index contributed by atoms with van der Waals surface area (Å²) in [7, 11) is 1.80. The zero-order chi connectivity index (χ0) is 13.8. The highest BCUT2D eigenvalue weighted by Gasteiger charge is 2.09. The first kappa shape index (κ1) is 13.1. The zero-order valence-electron chi connectivity index (χ0n) is 11.2. The highest BCUT2D eigenvalue weighted by molar-refractivity contribution is 6.02. The molecule has 2 heterocycles. The van der Waals surface area contributed by atoms with Crippen LogP contribution in [0.25, 0.3) is 0 Å². The van der Waals surface area contributed by atoms with Crippen LogP contribution in [0.1, 0.15) is 30.4 Å². The molecule has 0 bridgehead atoms. The van der Waals surface area contributed by atoms with Crippen molar-refractivity contribution in [1.29, 1.82) is 0 Å². The van der Waals surface area contributed by atoms with Crippen LogP contribution in [-0.4, -0.2) is 27.7 Å². The van der Waals surface area contributed by atoms with Gasteiger partial charge in [0.1, 0.15) is 5.69 Å². The first-order chi connectivity index (χ1) is 9.10. The summed E-state index contributed by atoms with van der Waals surface area (Å²) in [5.74, 6) is -0.244. The fraction of sp³-hybridized carbons (Fsp3) is 0.308. The molecule has 0 aliphatic heterocycles. The monoisotopic (exact) mass is 259 g/mol. The fourth-order valence-electron chi connectivity index (χ4n) is 1.56. The molecule has 0 spiro atoms.